The molecule has 362 valence electrons. The van der Waals surface area contributed by atoms with E-state index in [9.17, 15) is 29.7 Å². The molecule has 0 radical (unpaired) electrons. The molecule has 0 aromatic heterocycles. The summed E-state index contributed by atoms with van der Waals surface area (Å²) in [7, 11) is 9.04. The number of carbonyl (C=O) groups excluding carboxylic acids is 3. The number of ether oxygens (including phenoxy) is 9. The van der Waals surface area contributed by atoms with Crippen LogP contribution in [0.15, 0.2) is 24.3 Å². The minimum absolute atomic E-state index is 0.0117. The molecule has 19 atom stereocenters. The maximum Gasteiger partial charge on any atom is 0.309 e. The van der Waals surface area contributed by atoms with E-state index >= 15 is 0 Å². The summed E-state index contributed by atoms with van der Waals surface area (Å²) in [5, 5.41) is 33.7. The fourth-order valence-electron chi connectivity index (χ4n) is 9.44. The van der Waals surface area contributed by atoms with Crippen molar-refractivity contribution in [2.24, 2.45) is 11.8 Å². The van der Waals surface area contributed by atoms with Crippen LogP contribution in [0.1, 0.15) is 99.8 Å². The molecule has 0 spiro atoms. The van der Waals surface area contributed by atoms with Crippen molar-refractivity contribution in [2.75, 3.05) is 35.3 Å². The van der Waals surface area contributed by atoms with Crippen molar-refractivity contribution in [3.63, 3.8) is 0 Å². The fraction of sp³-hybridized carbons (Fsp3) is 0.848. The van der Waals surface area contributed by atoms with Gasteiger partial charge in [-0.3, -0.25) is 9.59 Å². The average Bonchev–Trinajstić information content (AvgIpc) is 3.19. The summed E-state index contributed by atoms with van der Waals surface area (Å²) >= 11 is 0. The van der Waals surface area contributed by atoms with Gasteiger partial charge in [-0.1, -0.05) is 38.2 Å². The molecular weight excluding hydrogens is 821 g/mol. The van der Waals surface area contributed by atoms with E-state index in [0.717, 1.165) is 12.7 Å². The molecule has 3 saturated heterocycles. The van der Waals surface area contributed by atoms with Crippen molar-refractivity contribution in [1.29, 1.82) is 0 Å². The molecule has 63 heavy (non-hydrogen) atoms. The Morgan fingerprint density at radius 3 is 2.21 bits per heavy atom. The number of aliphatic hydroxyl groups is 3. The van der Waals surface area contributed by atoms with Crippen LogP contribution in [0.4, 0.5) is 0 Å². The Morgan fingerprint density at radius 1 is 0.905 bits per heavy atom. The Kier molecular flexibility index (Phi) is 20.6. The SMILES string of the molecule is CCC(=O)O[C@@H]1CC(=O)O[C@H](C)C/C=C/C=C\[C@H](O[C@H]2CC[C@H](N(C)C)[C@@H](C)O2)[C@H](C)C[C@H](CC=O)[C@H](O[C@@H]2O[C@H](C)[C@@H](O[C@H]3C[C@@](C)(O)[C@@H](O)[C@H](C)O3)[C@H](N(C)C)[C@H]2O)[C@H]1OC. The van der Waals surface area contributed by atoms with Gasteiger partial charge in [0.25, 0.3) is 0 Å². The van der Waals surface area contributed by atoms with Crippen molar-refractivity contribution in [3.05, 3.63) is 24.3 Å². The van der Waals surface area contributed by atoms with Crippen LogP contribution in [0.5, 0.6) is 0 Å². The summed E-state index contributed by atoms with van der Waals surface area (Å²) in [6.45, 7) is 12.4. The van der Waals surface area contributed by atoms with Crippen molar-refractivity contribution >= 4 is 18.2 Å². The lowest BCUT2D eigenvalue weighted by molar-refractivity contribution is -0.344. The van der Waals surface area contributed by atoms with Gasteiger partial charge in [-0.05, 0) is 93.9 Å². The lowest BCUT2D eigenvalue weighted by atomic mass is 9.82. The van der Waals surface area contributed by atoms with Crippen LogP contribution < -0.4 is 0 Å². The standard InChI is InChI=1S/C46H78N2O15/c1-13-35(50)60-34-24-36(51)56-27(3)17-15-14-16-18-33(61-37-20-19-32(47(8)9)28(4)57-37)26(2)23-31(21-22-49)42(43(34)55-12)63-45-40(52)39(48(10)11)41(29(5)59-45)62-38-25-46(7,54)44(53)30(6)58-38/h14-16,18,22,26-34,37-45,52-54H,13,17,19-21,23-25H2,1-12H3/b15-14+,18-16-/t26-,27-,28-,29-,30+,31+,32+,33+,34-,37+,38+,39-,40-,41-,42+,43+,44+,45+,46-/m1/s1. The molecule has 17 nitrogen and oxygen atoms in total. The summed E-state index contributed by atoms with van der Waals surface area (Å²) in [4.78, 5) is 43.2. The number of hydrogen-bond acceptors (Lipinski definition) is 17. The number of methoxy groups -OCH3 is 1. The Morgan fingerprint density at radius 2 is 1.60 bits per heavy atom. The predicted molar refractivity (Wildman–Crippen MR) is 231 cm³/mol. The maximum atomic E-state index is 13.5. The quantitative estimate of drug-likeness (QED) is 0.180. The second kappa shape index (κ2) is 24.4. The average molecular weight is 899 g/mol. The van der Waals surface area contributed by atoms with Crippen LogP contribution in [-0.4, -0.2) is 182 Å². The van der Waals surface area contributed by atoms with Crippen LogP contribution in [0.25, 0.3) is 0 Å². The van der Waals surface area contributed by atoms with Gasteiger partial charge in [0.15, 0.2) is 18.9 Å². The molecule has 0 saturated carbocycles. The highest BCUT2D eigenvalue weighted by atomic mass is 16.7. The number of aliphatic hydroxyl groups excluding tert-OH is 2. The third kappa shape index (κ3) is 14.5. The molecule has 3 N–H and O–H groups in total. The molecule has 17 heteroatoms. The molecule has 0 bridgehead atoms. The van der Waals surface area contributed by atoms with E-state index in [1.54, 1.807) is 46.7 Å². The molecule has 0 aromatic carbocycles. The van der Waals surface area contributed by atoms with Crippen molar-refractivity contribution in [2.45, 2.75) is 204 Å². The summed E-state index contributed by atoms with van der Waals surface area (Å²) < 4.78 is 56.7. The number of allylic oxidation sites excluding steroid dienone is 2. The molecule has 4 aliphatic rings. The fourth-order valence-corrected chi connectivity index (χ4v) is 9.44. The number of nitrogens with zero attached hydrogens (tertiary/aromatic N) is 2. The highest BCUT2D eigenvalue weighted by molar-refractivity contribution is 5.72. The number of likely N-dealkylation sites (N-methyl/N-ethyl adjacent to an activating group) is 2. The number of aldehydes is 1. The number of cyclic esters (lactones) is 1. The molecule has 4 heterocycles. The first-order valence-corrected chi connectivity index (χ1v) is 22.7. The molecule has 0 aliphatic carbocycles. The number of rotatable bonds is 13. The van der Waals surface area contributed by atoms with Gasteiger partial charge in [0.2, 0.25) is 0 Å². The van der Waals surface area contributed by atoms with Gasteiger partial charge in [0.05, 0.1) is 48.6 Å². The van der Waals surface area contributed by atoms with Crippen molar-refractivity contribution in [3.8, 4) is 0 Å². The summed E-state index contributed by atoms with van der Waals surface area (Å²) in [6.07, 6.45) is -1.76. The third-order valence-electron chi connectivity index (χ3n) is 12.9. The zero-order valence-electron chi connectivity index (χ0n) is 39.6. The van der Waals surface area contributed by atoms with Gasteiger partial charge < -0.3 is 72.5 Å². The van der Waals surface area contributed by atoms with Crippen LogP contribution >= 0.6 is 0 Å². The molecule has 0 amide bonds. The smallest absolute Gasteiger partial charge is 0.309 e. The molecule has 3 fully saturated rings. The van der Waals surface area contributed by atoms with E-state index in [-0.39, 0.29) is 43.7 Å². The summed E-state index contributed by atoms with van der Waals surface area (Å²) in [5.74, 6) is -2.12. The Bertz CT molecular complexity index is 1490. The molecule has 0 aromatic rings. The molecule has 4 rings (SSSR count). The summed E-state index contributed by atoms with van der Waals surface area (Å²) in [5.41, 5.74) is -1.49. The zero-order chi connectivity index (χ0) is 46.8. The van der Waals surface area contributed by atoms with E-state index in [1.165, 1.54) is 14.0 Å². The van der Waals surface area contributed by atoms with Crippen LogP contribution in [0, 0.1) is 11.8 Å². The topological polar surface area (TPSA) is 201 Å². The molecule has 0 unspecified atom stereocenters. The first-order chi connectivity index (χ1) is 29.7. The minimum Gasteiger partial charge on any atom is -0.462 e. The van der Waals surface area contributed by atoms with Gasteiger partial charge >= 0.3 is 11.9 Å². The second-order valence-corrected chi connectivity index (χ2v) is 18.6. The van der Waals surface area contributed by atoms with Gasteiger partial charge in [-0.25, -0.2) is 0 Å². The van der Waals surface area contributed by atoms with Crippen molar-refractivity contribution in [1.82, 2.24) is 9.80 Å². The second-order valence-electron chi connectivity index (χ2n) is 18.6. The largest absolute Gasteiger partial charge is 0.462 e. The highest BCUT2D eigenvalue weighted by Crippen LogP contribution is 2.38. The van der Waals surface area contributed by atoms with Crippen molar-refractivity contribution < 1.29 is 72.3 Å². The first kappa shape index (κ1) is 53.2. The Balaban J connectivity index is 1.74. The Hall–Kier alpha value is -2.39. The van der Waals surface area contributed by atoms with Gasteiger partial charge in [0, 0.05) is 38.8 Å². The van der Waals surface area contributed by atoms with E-state index < -0.39 is 109 Å². The number of esters is 2. The number of hydrogen-bond donors (Lipinski definition) is 3. The van der Waals surface area contributed by atoms with E-state index in [2.05, 4.69) is 4.90 Å². The lowest BCUT2D eigenvalue weighted by Gasteiger charge is -2.50. The normalized spacial score (nSPS) is 43.5. The highest BCUT2D eigenvalue weighted by Gasteiger charge is 2.52. The number of carbonyl (C=O) groups is 3. The maximum absolute atomic E-state index is 13.5. The summed E-state index contributed by atoms with van der Waals surface area (Å²) in [6, 6.07) is -0.510. The third-order valence-corrected chi connectivity index (χ3v) is 12.9. The first-order valence-electron chi connectivity index (χ1n) is 22.7. The van der Waals surface area contributed by atoms with Crippen LogP contribution in [-0.2, 0) is 57.0 Å². The van der Waals surface area contributed by atoms with E-state index in [1.807, 2.05) is 52.2 Å². The van der Waals surface area contributed by atoms with Crippen LogP contribution in [0.2, 0.25) is 0 Å². The lowest BCUT2D eigenvalue weighted by Crippen LogP contribution is -2.65. The van der Waals surface area contributed by atoms with Crippen LogP contribution in [0.3, 0.4) is 0 Å². The zero-order valence-corrected chi connectivity index (χ0v) is 39.6. The molecule has 4 aliphatic heterocycles. The van der Waals surface area contributed by atoms with Gasteiger partial charge in [-0.15, -0.1) is 0 Å². The molecular formula is C46H78N2O15. The Labute approximate surface area is 374 Å². The van der Waals surface area contributed by atoms with Gasteiger partial charge in [0.1, 0.15) is 42.9 Å². The monoisotopic (exact) mass is 899 g/mol. The minimum atomic E-state index is -1.49. The van der Waals surface area contributed by atoms with E-state index in [0.29, 0.717) is 19.3 Å². The predicted octanol–water partition coefficient (Wildman–Crippen LogP) is 3.29. The van der Waals surface area contributed by atoms with Gasteiger partial charge in [-0.2, -0.15) is 0 Å². The van der Waals surface area contributed by atoms with E-state index in [4.69, 9.17) is 42.6 Å².